The van der Waals surface area contributed by atoms with Gasteiger partial charge in [-0.25, -0.2) is 0 Å². The molecule has 1 N–H and O–H groups in total. The van der Waals surface area contributed by atoms with Gasteiger partial charge in [0.15, 0.2) is 0 Å². The lowest BCUT2D eigenvalue weighted by Crippen LogP contribution is -2.34. The molecule has 1 rings (SSSR count). The van der Waals surface area contributed by atoms with Gasteiger partial charge in [0.1, 0.15) is 0 Å². The summed E-state index contributed by atoms with van der Waals surface area (Å²) in [7, 11) is 0. The third-order valence-electron chi connectivity index (χ3n) is 2.76. The molecule has 0 spiro atoms. The van der Waals surface area contributed by atoms with Crippen LogP contribution >= 0.6 is 11.6 Å². The number of halogens is 1. The van der Waals surface area contributed by atoms with E-state index in [-0.39, 0.29) is 0 Å². The molecule has 0 saturated heterocycles. The van der Waals surface area contributed by atoms with E-state index in [1.165, 1.54) is 19.3 Å². The molecule has 4 heteroatoms. The molecule has 0 saturated carbocycles. The van der Waals surface area contributed by atoms with Gasteiger partial charge in [0.25, 0.3) is 0 Å². The molecule has 0 radical (unpaired) electrons. The number of rotatable bonds is 7. The van der Waals surface area contributed by atoms with E-state index >= 15 is 0 Å². The Balaban J connectivity index is 2.56. The Morgan fingerprint density at radius 1 is 1.44 bits per heavy atom. The molecule has 1 aromatic heterocycles. The summed E-state index contributed by atoms with van der Waals surface area (Å²) < 4.78 is 1.99. The van der Waals surface area contributed by atoms with Crippen LogP contribution in [0.15, 0.2) is 6.20 Å². The van der Waals surface area contributed by atoms with Crippen LogP contribution < -0.4 is 5.32 Å². The van der Waals surface area contributed by atoms with Crippen LogP contribution in [0.2, 0.25) is 5.02 Å². The summed E-state index contributed by atoms with van der Waals surface area (Å²) in [4.78, 5) is 0. The number of nitrogens with one attached hydrogen (secondary N) is 1. The Hall–Kier alpha value is -0.540. The highest BCUT2D eigenvalue weighted by Crippen LogP contribution is 2.14. The van der Waals surface area contributed by atoms with Crippen LogP contribution in [-0.2, 0) is 6.54 Å². The molecule has 0 aliphatic rings. The van der Waals surface area contributed by atoms with Crippen molar-refractivity contribution in [3.63, 3.8) is 0 Å². The van der Waals surface area contributed by atoms with Gasteiger partial charge in [-0.05, 0) is 26.3 Å². The summed E-state index contributed by atoms with van der Waals surface area (Å²) in [5, 5.41) is 8.60. The Morgan fingerprint density at radius 2 is 2.19 bits per heavy atom. The van der Waals surface area contributed by atoms with Crippen molar-refractivity contribution in [2.75, 3.05) is 6.54 Å². The van der Waals surface area contributed by atoms with Crippen LogP contribution in [0.25, 0.3) is 0 Å². The van der Waals surface area contributed by atoms with Gasteiger partial charge in [0, 0.05) is 6.04 Å². The van der Waals surface area contributed by atoms with Crippen LogP contribution in [0.5, 0.6) is 0 Å². The minimum absolute atomic E-state index is 0.500. The lowest BCUT2D eigenvalue weighted by Gasteiger charge is -2.18. The molecule has 1 heterocycles. The molecule has 0 bridgehead atoms. The second-order valence-corrected chi connectivity index (χ2v) is 4.61. The van der Waals surface area contributed by atoms with E-state index in [9.17, 15) is 0 Å². The second kappa shape index (κ2) is 6.92. The maximum absolute atomic E-state index is 5.99. The van der Waals surface area contributed by atoms with Crippen LogP contribution in [0.4, 0.5) is 0 Å². The summed E-state index contributed by atoms with van der Waals surface area (Å²) >= 11 is 5.99. The van der Waals surface area contributed by atoms with Gasteiger partial charge >= 0.3 is 0 Å². The zero-order chi connectivity index (χ0) is 12.0. The minimum Gasteiger partial charge on any atom is -0.312 e. The molecule has 0 aliphatic heterocycles. The van der Waals surface area contributed by atoms with Gasteiger partial charge < -0.3 is 5.32 Å². The van der Waals surface area contributed by atoms with E-state index in [1.807, 2.05) is 11.6 Å². The van der Waals surface area contributed by atoms with Gasteiger partial charge in [0.05, 0.1) is 23.5 Å². The molecule has 0 aromatic carbocycles. The van der Waals surface area contributed by atoms with Gasteiger partial charge in [-0.15, -0.1) is 0 Å². The van der Waals surface area contributed by atoms with Gasteiger partial charge in [0.2, 0.25) is 0 Å². The van der Waals surface area contributed by atoms with Gasteiger partial charge in [-0.3, -0.25) is 4.68 Å². The Kier molecular flexibility index (Phi) is 5.85. The standard InChI is InChI=1S/C12H22ClN3/c1-4-6-11(14-7-5-2)9-16-10(3)12(13)8-15-16/h8,11,14H,4-7,9H2,1-3H3. The highest BCUT2D eigenvalue weighted by Gasteiger charge is 2.10. The maximum Gasteiger partial charge on any atom is 0.0814 e. The first-order valence-electron chi connectivity index (χ1n) is 6.10. The van der Waals surface area contributed by atoms with Crippen molar-refractivity contribution in [2.45, 2.75) is 52.6 Å². The lowest BCUT2D eigenvalue weighted by molar-refractivity contribution is 0.398. The molecule has 0 fully saturated rings. The lowest BCUT2D eigenvalue weighted by atomic mass is 10.1. The normalized spacial score (nSPS) is 13.0. The smallest absolute Gasteiger partial charge is 0.0814 e. The number of hydrogen-bond donors (Lipinski definition) is 1. The molecular formula is C12H22ClN3. The zero-order valence-electron chi connectivity index (χ0n) is 10.5. The van der Waals surface area contributed by atoms with Gasteiger partial charge in [-0.2, -0.15) is 5.10 Å². The van der Waals surface area contributed by atoms with Crippen LogP contribution in [0, 0.1) is 6.92 Å². The van der Waals surface area contributed by atoms with Crippen LogP contribution in [0.3, 0.4) is 0 Å². The van der Waals surface area contributed by atoms with E-state index in [0.29, 0.717) is 6.04 Å². The molecule has 0 aliphatic carbocycles. The number of nitrogens with zero attached hydrogens (tertiary/aromatic N) is 2. The van der Waals surface area contributed by atoms with E-state index in [4.69, 9.17) is 11.6 Å². The average molecular weight is 244 g/mol. The summed E-state index contributed by atoms with van der Waals surface area (Å²) in [6.45, 7) is 8.39. The highest BCUT2D eigenvalue weighted by molar-refractivity contribution is 6.31. The first-order chi connectivity index (χ1) is 7.69. The van der Waals surface area contributed by atoms with E-state index < -0.39 is 0 Å². The van der Waals surface area contributed by atoms with Crippen molar-refractivity contribution >= 4 is 11.6 Å². The topological polar surface area (TPSA) is 29.9 Å². The molecular weight excluding hydrogens is 222 g/mol. The minimum atomic E-state index is 0.500. The van der Waals surface area contributed by atoms with E-state index in [1.54, 1.807) is 6.20 Å². The fourth-order valence-electron chi connectivity index (χ4n) is 1.77. The molecule has 0 amide bonds. The van der Waals surface area contributed by atoms with E-state index in [2.05, 4.69) is 24.3 Å². The number of aromatic nitrogens is 2. The molecule has 1 unspecified atom stereocenters. The average Bonchev–Trinajstić information content (AvgIpc) is 2.58. The molecule has 92 valence electrons. The van der Waals surface area contributed by atoms with Crippen molar-refractivity contribution < 1.29 is 0 Å². The fourth-order valence-corrected chi connectivity index (χ4v) is 1.91. The van der Waals surface area contributed by atoms with Crippen molar-refractivity contribution in [2.24, 2.45) is 0 Å². The monoisotopic (exact) mass is 243 g/mol. The Morgan fingerprint density at radius 3 is 2.69 bits per heavy atom. The largest absolute Gasteiger partial charge is 0.312 e. The first kappa shape index (κ1) is 13.5. The SMILES string of the molecule is CCCNC(CCC)Cn1ncc(Cl)c1C. The van der Waals surface area contributed by atoms with Crippen molar-refractivity contribution in [3.05, 3.63) is 16.9 Å². The summed E-state index contributed by atoms with van der Waals surface area (Å²) in [6, 6.07) is 0.500. The van der Waals surface area contributed by atoms with E-state index in [0.717, 1.165) is 23.8 Å². The zero-order valence-corrected chi connectivity index (χ0v) is 11.2. The predicted octanol–water partition coefficient (Wildman–Crippen LogP) is 3.01. The Labute approximate surface area is 103 Å². The fraction of sp³-hybridized carbons (Fsp3) is 0.750. The molecule has 3 nitrogen and oxygen atoms in total. The summed E-state index contributed by atoms with van der Waals surface area (Å²) in [5.41, 5.74) is 1.06. The first-order valence-corrected chi connectivity index (χ1v) is 6.48. The van der Waals surface area contributed by atoms with Gasteiger partial charge in [-0.1, -0.05) is 31.9 Å². The van der Waals surface area contributed by atoms with Crippen molar-refractivity contribution in [1.82, 2.24) is 15.1 Å². The quantitative estimate of drug-likeness (QED) is 0.798. The summed E-state index contributed by atoms with van der Waals surface area (Å²) in [5.74, 6) is 0. The number of hydrogen-bond acceptors (Lipinski definition) is 2. The maximum atomic E-state index is 5.99. The van der Waals surface area contributed by atoms with Crippen molar-refractivity contribution in [3.8, 4) is 0 Å². The Bertz CT molecular complexity index is 309. The third-order valence-corrected chi connectivity index (χ3v) is 3.13. The second-order valence-electron chi connectivity index (χ2n) is 4.20. The molecule has 16 heavy (non-hydrogen) atoms. The highest BCUT2D eigenvalue weighted by atomic mass is 35.5. The third kappa shape index (κ3) is 3.80. The summed E-state index contributed by atoms with van der Waals surface area (Å²) in [6.07, 6.45) is 5.26. The predicted molar refractivity (Wildman–Crippen MR) is 69.0 cm³/mol. The molecule has 1 aromatic rings. The van der Waals surface area contributed by atoms with Crippen molar-refractivity contribution in [1.29, 1.82) is 0 Å². The molecule has 1 atom stereocenters. The van der Waals surface area contributed by atoms with Crippen LogP contribution in [-0.4, -0.2) is 22.4 Å². The van der Waals surface area contributed by atoms with Crippen LogP contribution in [0.1, 0.15) is 38.8 Å².